The van der Waals surface area contributed by atoms with Gasteiger partial charge < -0.3 is 0 Å². The van der Waals surface area contributed by atoms with Crippen LogP contribution in [-0.4, -0.2) is 0 Å². The fourth-order valence-corrected chi connectivity index (χ4v) is 8.99. The van der Waals surface area contributed by atoms with Crippen LogP contribution in [0.1, 0.15) is 25.0 Å². The zero-order valence-corrected chi connectivity index (χ0v) is 26.5. The van der Waals surface area contributed by atoms with Crippen LogP contribution < -0.4 is 0 Å². The molecule has 47 heavy (non-hydrogen) atoms. The fourth-order valence-electron chi connectivity index (χ4n) is 8.99. The molecular weight excluding hydrogens is 565 g/mol. The number of fused-ring (bicyclic) bond motifs is 11. The monoisotopic (exact) mass is 596 g/mol. The maximum Gasteiger partial charge on any atom is 0.0171 e. The van der Waals surface area contributed by atoms with E-state index in [2.05, 4.69) is 172 Å². The maximum absolute atomic E-state index is 2.44. The van der Waals surface area contributed by atoms with Crippen molar-refractivity contribution in [3.63, 3.8) is 0 Å². The Balaban J connectivity index is 1.36. The van der Waals surface area contributed by atoms with Gasteiger partial charge in [-0.25, -0.2) is 0 Å². The van der Waals surface area contributed by atoms with Crippen molar-refractivity contribution in [2.45, 2.75) is 19.3 Å². The Morgan fingerprint density at radius 2 is 0.638 bits per heavy atom. The van der Waals surface area contributed by atoms with Crippen LogP contribution in [-0.2, 0) is 5.41 Å². The highest BCUT2D eigenvalue weighted by atomic mass is 14.4. The molecule has 0 aliphatic heterocycles. The van der Waals surface area contributed by atoms with Gasteiger partial charge in [-0.15, -0.1) is 0 Å². The molecule has 9 aromatic rings. The molecule has 0 N–H and O–H groups in total. The summed E-state index contributed by atoms with van der Waals surface area (Å²) in [4.78, 5) is 0. The van der Waals surface area contributed by atoms with Crippen molar-refractivity contribution in [3.8, 4) is 33.4 Å². The zero-order chi connectivity index (χ0) is 31.3. The Morgan fingerprint density at radius 1 is 0.277 bits per heavy atom. The Labute approximate surface area is 274 Å². The second kappa shape index (κ2) is 9.64. The summed E-state index contributed by atoms with van der Waals surface area (Å²) < 4.78 is 0. The molecule has 0 amide bonds. The first-order valence-corrected chi connectivity index (χ1v) is 16.6. The molecule has 9 aromatic carbocycles. The molecule has 0 bridgehead atoms. The molecule has 0 saturated heterocycles. The van der Waals surface area contributed by atoms with Crippen molar-refractivity contribution in [1.29, 1.82) is 0 Å². The summed E-state index contributed by atoms with van der Waals surface area (Å²) in [5.74, 6) is 0. The minimum absolute atomic E-state index is 0.207. The smallest absolute Gasteiger partial charge is 0.0171 e. The van der Waals surface area contributed by atoms with Gasteiger partial charge in [0.1, 0.15) is 0 Å². The summed E-state index contributed by atoms with van der Waals surface area (Å²) in [6.07, 6.45) is 0. The summed E-state index contributed by atoms with van der Waals surface area (Å²) in [6, 6.07) is 58.6. The van der Waals surface area contributed by atoms with Crippen LogP contribution in [0.2, 0.25) is 0 Å². The van der Waals surface area contributed by atoms with Crippen LogP contribution in [0.5, 0.6) is 0 Å². The number of hydrogen-bond acceptors (Lipinski definition) is 0. The molecule has 0 heterocycles. The van der Waals surface area contributed by atoms with E-state index in [-0.39, 0.29) is 5.41 Å². The van der Waals surface area contributed by atoms with Gasteiger partial charge in [0.05, 0.1) is 0 Å². The quantitative estimate of drug-likeness (QED) is 0.138. The van der Waals surface area contributed by atoms with Crippen molar-refractivity contribution in [3.05, 3.63) is 169 Å². The molecule has 0 atom stereocenters. The highest BCUT2D eigenvalue weighted by Gasteiger charge is 2.40. The predicted molar refractivity (Wildman–Crippen MR) is 202 cm³/mol. The summed E-state index contributed by atoms with van der Waals surface area (Å²) in [5, 5.41) is 13.1. The Hall–Kier alpha value is -5.72. The van der Waals surface area contributed by atoms with Crippen molar-refractivity contribution >= 4 is 53.9 Å². The number of rotatable bonds is 2. The molecule has 0 aromatic heterocycles. The Morgan fingerprint density at radius 3 is 1.23 bits per heavy atom. The molecule has 0 heteroatoms. The lowest BCUT2D eigenvalue weighted by Gasteiger charge is -2.27. The second-order valence-electron chi connectivity index (χ2n) is 13.6. The van der Waals surface area contributed by atoms with Gasteiger partial charge in [0.15, 0.2) is 0 Å². The SMILES string of the molecule is CC1(C)c2c(-c3c4ccccc4c(-c4cccc5ccccc45)c4ccccc34)cccc2-c2c1c1ccccc1c1ccccc21. The summed E-state index contributed by atoms with van der Waals surface area (Å²) in [7, 11) is 0. The molecule has 10 rings (SSSR count). The topological polar surface area (TPSA) is 0 Å². The van der Waals surface area contributed by atoms with E-state index >= 15 is 0 Å². The second-order valence-corrected chi connectivity index (χ2v) is 13.6. The minimum atomic E-state index is -0.207. The zero-order valence-electron chi connectivity index (χ0n) is 26.5. The van der Waals surface area contributed by atoms with Gasteiger partial charge in [0.2, 0.25) is 0 Å². The van der Waals surface area contributed by atoms with Crippen molar-refractivity contribution in [2.75, 3.05) is 0 Å². The first kappa shape index (κ1) is 26.5. The van der Waals surface area contributed by atoms with E-state index in [1.54, 1.807) is 0 Å². The van der Waals surface area contributed by atoms with E-state index in [1.165, 1.54) is 98.4 Å². The summed E-state index contributed by atoms with van der Waals surface area (Å²) in [6.45, 7) is 4.88. The van der Waals surface area contributed by atoms with E-state index in [0.29, 0.717) is 0 Å². The van der Waals surface area contributed by atoms with Crippen molar-refractivity contribution in [1.82, 2.24) is 0 Å². The standard InChI is InChI=1S/C47H32/c1-47(2)45-40(27-14-28-41(45)44-34-20-7-5-18-31(34)32-19-6-12-25-39(32)46(44)47)43-37-23-10-8-21-35(37)42(36-22-9-11-24-38(36)43)33-26-13-16-29-15-3-4-17-30(29)33/h3-28H,1-2H3. The lowest BCUT2D eigenvalue weighted by molar-refractivity contribution is 0.668. The maximum atomic E-state index is 2.44. The molecule has 1 aliphatic rings. The van der Waals surface area contributed by atoms with Crippen LogP contribution in [0.25, 0.3) is 87.2 Å². The first-order valence-electron chi connectivity index (χ1n) is 16.6. The molecule has 0 unspecified atom stereocenters. The Kier molecular flexibility index (Phi) is 5.44. The Bertz CT molecular complexity index is 2700. The molecular formula is C47H32. The van der Waals surface area contributed by atoms with Crippen molar-refractivity contribution < 1.29 is 0 Å². The lowest BCUT2D eigenvalue weighted by Crippen LogP contribution is -2.17. The number of hydrogen-bond donors (Lipinski definition) is 0. The molecule has 0 fully saturated rings. The third kappa shape index (κ3) is 3.53. The average molecular weight is 597 g/mol. The highest BCUT2D eigenvalue weighted by Crippen LogP contribution is 2.58. The van der Waals surface area contributed by atoms with Crippen LogP contribution in [0, 0.1) is 0 Å². The molecule has 1 aliphatic carbocycles. The van der Waals surface area contributed by atoms with E-state index in [9.17, 15) is 0 Å². The number of benzene rings is 9. The molecule has 0 nitrogen and oxygen atoms in total. The fraction of sp³-hybridized carbons (Fsp3) is 0.0638. The van der Waals surface area contributed by atoms with E-state index in [4.69, 9.17) is 0 Å². The average Bonchev–Trinajstić information content (AvgIpc) is 3.37. The van der Waals surface area contributed by atoms with Crippen LogP contribution in [0.3, 0.4) is 0 Å². The largest absolute Gasteiger partial charge is 0.0616 e. The van der Waals surface area contributed by atoms with E-state index in [1.807, 2.05) is 0 Å². The van der Waals surface area contributed by atoms with Crippen molar-refractivity contribution in [2.24, 2.45) is 0 Å². The highest BCUT2D eigenvalue weighted by molar-refractivity contribution is 6.25. The third-order valence-corrected chi connectivity index (χ3v) is 10.8. The van der Waals surface area contributed by atoms with Crippen LogP contribution in [0.4, 0.5) is 0 Å². The van der Waals surface area contributed by atoms with Gasteiger partial charge >= 0.3 is 0 Å². The third-order valence-electron chi connectivity index (χ3n) is 10.8. The molecule has 0 spiro atoms. The van der Waals surface area contributed by atoms with Gasteiger partial charge in [-0.1, -0.05) is 172 Å². The van der Waals surface area contributed by atoms with Gasteiger partial charge in [0, 0.05) is 5.41 Å². The normalized spacial score (nSPS) is 13.5. The summed E-state index contributed by atoms with van der Waals surface area (Å²) >= 11 is 0. The first-order chi connectivity index (χ1) is 23.1. The van der Waals surface area contributed by atoms with Gasteiger partial charge in [0.25, 0.3) is 0 Å². The van der Waals surface area contributed by atoms with E-state index < -0.39 is 0 Å². The predicted octanol–water partition coefficient (Wildman–Crippen LogP) is 13.1. The van der Waals surface area contributed by atoms with Crippen LogP contribution >= 0.6 is 0 Å². The minimum Gasteiger partial charge on any atom is -0.0616 e. The lowest BCUT2D eigenvalue weighted by atomic mass is 9.75. The summed E-state index contributed by atoms with van der Waals surface area (Å²) in [5.41, 5.74) is 10.6. The molecule has 0 radical (unpaired) electrons. The van der Waals surface area contributed by atoms with E-state index in [0.717, 1.165) is 0 Å². The van der Waals surface area contributed by atoms with Gasteiger partial charge in [-0.2, -0.15) is 0 Å². The van der Waals surface area contributed by atoms with Gasteiger partial charge in [-0.05, 0) is 98.4 Å². The van der Waals surface area contributed by atoms with Gasteiger partial charge in [-0.3, -0.25) is 0 Å². The molecule has 220 valence electrons. The molecule has 0 saturated carbocycles. The van der Waals surface area contributed by atoms with Crippen LogP contribution in [0.15, 0.2) is 158 Å².